The minimum Gasteiger partial charge on any atom is -0.338 e. The number of aromatic amines is 1. The van der Waals surface area contributed by atoms with E-state index >= 15 is 0 Å². The Morgan fingerprint density at radius 2 is 2.00 bits per heavy atom. The average molecular weight is 468 g/mol. The van der Waals surface area contributed by atoms with E-state index in [9.17, 15) is 23.6 Å². The predicted molar refractivity (Wildman–Crippen MR) is 127 cm³/mol. The number of fused-ring (bicyclic) bond motifs is 1. The van der Waals surface area contributed by atoms with Gasteiger partial charge in [-0.3, -0.25) is 14.2 Å². The van der Waals surface area contributed by atoms with Gasteiger partial charge in [-0.1, -0.05) is 6.07 Å². The van der Waals surface area contributed by atoms with Crippen LogP contribution in [-0.4, -0.2) is 46.0 Å². The first-order valence-corrected chi connectivity index (χ1v) is 11.2. The minimum atomic E-state index is -0.509. The number of halogens is 1. The number of anilines is 1. The largest absolute Gasteiger partial charge is 0.338 e. The van der Waals surface area contributed by atoms with E-state index in [-0.39, 0.29) is 23.9 Å². The van der Waals surface area contributed by atoms with Crippen molar-refractivity contribution in [1.29, 1.82) is 0 Å². The van der Waals surface area contributed by atoms with Crippen LogP contribution in [0.3, 0.4) is 0 Å². The van der Waals surface area contributed by atoms with Crippen molar-refractivity contribution >= 4 is 28.5 Å². The van der Waals surface area contributed by atoms with Crippen molar-refractivity contribution in [3.05, 3.63) is 74.7 Å². The summed E-state index contributed by atoms with van der Waals surface area (Å²) in [6.07, 6.45) is 1.64. The Kier molecular flexibility index (Phi) is 6.76. The molecule has 0 spiro atoms. The summed E-state index contributed by atoms with van der Waals surface area (Å²) in [6, 6.07) is 9.89. The maximum atomic E-state index is 13.3. The van der Waals surface area contributed by atoms with Crippen LogP contribution in [0.4, 0.5) is 14.9 Å². The summed E-state index contributed by atoms with van der Waals surface area (Å²) < 4.78 is 14.4. The van der Waals surface area contributed by atoms with Gasteiger partial charge in [-0.05, 0) is 62.1 Å². The fourth-order valence-corrected chi connectivity index (χ4v) is 4.25. The second-order valence-electron chi connectivity index (χ2n) is 8.34. The summed E-state index contributed by atoms with van der Waals surface area (Å²) in [5.74, 6) is -0.572. The Hall–Kier alpha value is -3.95. The Balaban J connectivity index is 1.40. The van der Waals surface area contributed by atoms with Crippen LogP contribution in [-0.2, 0) is 6.54 Å². The zero-order valence-corrected chi connectivity index (χ0v) is 18.8. The first-order chi connectivity index (χ1) is 16.4. The van der Waals surface area contributed by atoms with Crippen LogP contribution in [0.5, 0.6) is 0 Å². The van der Waals surface area contributed by atoms with E-state index in [4.69, 9.17) is 0 Å². The number of rotatable bonds is 5. The van der Waals surface area contributed by atoms with Crippen molar-refractivity contribution in [3.8, 4) is 0 Å². The Bertz CT molecular complexity index is 1350. The number of piperidine rings is 1. The van der Waals surface area contributed by atoms with Gasteiger partial charge in [0, 0.05) is 37.4 Å². The molecule has 0 saturated carbocycles. The molecule has 0 bridgehead atoms. The molecule has 1 fully saturated rings. The summed E-state index contributed by atoms with van der Waals surface area (Å²) in [7, 11) is 0. The molecule has 1 saturated heterocycles. The lowest BCUT2D eigenvalue weighted by Crippen LogP contribution is -2.44. The molecule has 1 aliphatic heterocycles. The van der Waals surface area contributed by atoms with Crippen molar-refractivity contribution in [3.63, 3.8) is 0 Å². The zero-order chi connectivity index (χ0) is 24.2. The summed E-state index contributed by atoms with van der Waals surface area (Å²) in [4.78, 5) is 54.2. The molecule has 34 heavy (non-hydrogen) atoms. The standard InChI is InChI=1S/C24H26FN5O4/c1-2-30-22(32)19-9-8-16(11-20(19)28-24(30)34)21(31)29-10-4-5-15(14-29)13-26-23(33)27-18-7-3-6-17(25)12-18/h3,6-9,11-12,15H,2,4-5,10,13-14H2,1H3,(H,28,34)(H2,26,27,33). The lowest BCUT2D eigenvalue weighted by atomic mass is 9.97. The van der Waals surface area contributed by atoms with E-state index in [1.165, 1.54) is 24.3 Å². The number of aromatic nitrogens is 2. The highest BCUT2D eigenvalue weighted by Crippen LogP contribution is 2.19. The highest BCUT2D eigenvalue weighted by molar-refractivity contribution is 5.97. The van der Waals surface area contributed by atoms with E-state index in [1.54, 1.807) is 30.0 Å². The van der Waals surface area contributed by atoms with Crippen molar-refractivity contribution < 1.29 is 14.0 Å². The average Bonchev–Trinajstić information content (AvgIpc) is 2.82. The van der Waals surface area contributed by atoms with Crippen LogP contribution >= 0.6 is 0 Å². The van der Waals surface area contributed by atoms with E-state index in [0.717, 1.165) is 17.4 Å². The minimum absolute atomic E-state index is 0.0629. The van der Waals surface area contributed by atoms with Crippen molar-refractivity contribution in [2.75, 3.05) is 25.0 Å². The van der Waals surface area contributed by atoms with Crippen LogP contribution in [0.15, 0.2) is 52.1 Å². The second kappa shape index (κ2) is 9.90. The molecule has 2 heterocycles. The first-order valence-electron chi connectivity index (χ1n) is 11.2. The quantitative estimate of drug-likeness (QED) is 0.535. The fraction of sp³-hybridized carbons (Fsp3) is 0.333. The molecule has 9 nitrogen and oxygen atoms in total. The number of likely N-dealkylation sites (tertiary alicyclic amines) is 1. The van der Waals surface area contributed by atoms with E-state index in [0.29, 0.717) is 41.8 Å². The van der Waals surface area contributed by atoms with Crippen LogP contribution in [0.2, 0.25) is 0 Å². The number of hydrogen-bond donors (Lipinski definition) is 3. The molecule has 4 rings (SSSR count). The maximum absolute atomic E-state index is 13.3. The molecule has 0 aliphatic carbocycles. The van der Waals surface area contributed by atoms with Crippen molar-refractivity contribution in [1.82, 2.24) is 19.8 Å². The Morgan fingerprint density at radius 1 is 1.18 bits per heavy atom. The third kappa shape index (κ3) is 5.00. The SMILES string of the molecule is CCn1c(=O)[nH]c2cc(C(=O)N3CCCC(CNC(=O)Nc4cccc(F)c4)C3)ccc2c1=O. The summed E-state index contributed by atoms with van der Waals surface area (Å²) in [5.41, 5.74) is 0.174. The van der Waals surface area contributed by atoms with Crippen LogP contribution in [0.1, 0.15) is 30.1 Å². The maximum Gasteiger partial charge on any atom is 0.328 e. The Morgan fingerprint density at radius 3 is 2.76 bits per heavy atom. The van der Waals surface area contributed by atoms with Gasteiger partial charge < -0.3 is 20.5 Å². The highest BCUT2D eigenvalue weighted by Gasteiger charge is 2.25. The molecule has 3 amide bonds. The van der Waals surface area contributed by atoms with Gasteiger partial charge in [0.2, 0.25) is 0 Å². The molecular formula is C24H26FN5O4. The highest BCUT2D eigenvalue weighted by atomic mass is 19.1. The smallest absolute Gasteiger partial charge is 0.328 e. The number of benzene rings is 2. The zero-order valence-electron chi connectivity index (χ0n) is 18.8. The number of nitrogens with zero attached hydrogens (tertiary/aromatic N) is 2. The lowest BCUT2D eigenvalue weighted by Gasteiger charge is -2.33. The predicted octanol–water partition coefficient (Wildman–Crippen LogP) is 2.52. The summed E-state index contributed by atoms with van der Waals surface area (Å²) in [6.45, 7) is 3.38. The number of amides is 3. The first kappa shape index (κ1) is 23.2. The van der Waals surface area contributed by atoms with Gasteiger partial charge in [-0.25, -0.2) is 14.0 Å². The summed E-state index contributed by atoms with van der Waals surface area (Å²) in [5, 5.41) is 5.72. The topological polar surface area (TPSA) is 116 Å². The second-order valence-corrected chi connectivity index (χ2v) is 8.34. The number of carbonyl (C=O) groups excluding carboxylic acids is 2. The van der Waals surface area contributed by atoms with Gasteiger partial charge in [-0.2, -0.15) is 0 Å². The van der Waals surface area contributed by atoms with Crippen molar-refractivity contribution in [2.24, 2.45) is 5.92 Å². The van der Waals surface area contributed by atoms with Gasteiger partial charge in [0.1, 0.15) is 5.82 Å². The molecule has 1 aliphatic rings. The van der Waals surface area contributed by atoms with Crippen LogP contribution in [0.25, 0.3) is 10.9 Å². The normalized spacial score (nSPS) is 15.8. The summed E-state index contributed by atoms with van der Waals surface area (Å²) >= 11 is 0. The van der Waals surface area contributed by atoms with E-state index < -0.39 is 17.5 Å². The molecule has 1 unspecified atom stereocenters. The van der Waals surface area contributed by atoms with Gasteiger partial charge in [-0.15, -0.1) is 0 Å². The molecule has 3 N–H and O–H groups in total. The lowest BCUT2D eigenvalue weighted by molar-refractivity contribution is 0.0675. The monoisotopic (exact) mass is 467 g/mol. The van der Waals surface area contributed by atoms with Gasteiger partial charge >= 0.3 is 11.7 Å². The number of H-pyrrole nitrogens is 1. The van der Waals surface area contributed by atoms with E-state index in [1.807, 2.05) is 0 Å². The van der Waals surface area contributed by atoms with Crippen LogP contribution in [0, 0.1) is 11.7 Å². The number of urea groups is 1. The fourth-order valence-electron chi connectivity index (χ4n) is 4.25. The number of nitrogens with one attached hydrogen (secondary N) is 3. The molecule has 3 aromatic rings. The third-order valence-corrected chi connectivity index (χ3v) is 5.99. The van der Waals surface area contributed by atoms with Crippen molar-refractivity contribution in [2.45, 2.75) is 26.3 Å². The third-order valence-electron chi connectivity index (χ3n) is 5.99. The molecule has 1 aromatic heterocycles. The van der Waals surface area contributed by atoms with Crippen LogP contribution < -0.4 is 21.9 Å². The van der Waals surface area contributed by atoms with Gasteiger partial charge in [0.05, 0.1) is 10.9 Å². The number of carbonyl (C=O) groups is 2. The van der Waals surface area contributed by atoms with E-state index in [2.05, 4.69) is 15.6 Å². The Labute approximate surface area is 194 Å². The molecule has 0 radical (unpaired) electrons. The van der Waals surface area contributed by atoms with Gasteiger partial charge in [0.25, 0.3) is 11.5 Å². The molecule has 1 atom stereocenters. The van der Waals surface area contributed by atoms with Gasteiger partial charge in [0.15, 0.2) is 0 Å². The molecular weight excluding hydrogens is 441 g/mol. The molecule has 10 heteroatoms. The molecule has 2 aromatic carbocycles. The number of hydrogen-bond acceptors (Lipinski definition) is 4. The molecule has 178 valence electrons.